The summed E-state index contributed by atoms with van der Waals surface area (Å²) in [6, 6.07) is 11.5. The van der Waals surface area contributed by atoms with Crippen molar-refractivity contribution in [1.82, 2.24) is 10.0 Å². The number of nitrogens with one attached hydrogen (secondary N) is 4. The van der Waals surface area contributed by atoms with Gasteiger partial charge in [0.05, 0.1) is 17.1 Å². The summed E-state index contributed by atoms with van der Waals surface area (Å²) in [6.07, 6.45) is 3.37. The quantitative estimate of drug-likeness (QED) is 0.489. The Balaban J connectivity index is 1.38. The number of urea groups is 1. The second-order valence-corrected chi connectivity index (χ2v) is 11.0. The third-order valence-corrected chi connectivity index (χ3v) is 7.87. The van der Waals surface area contributed by atoms with Crippen LogP contribution in [0.25, 0.3) is 0 Å². The minimum absolute atomic E-state index is 0.0155. The maximum absolute atomic E-state index is 12.7. The predicted octanol–water partition coefficient (Wildman–Crippen LogP) is 2.27. The molecule has 0 aliphatic carbocycles. The number of carbonyl (C=O) groups excluding carboxylic acids is 1. The van der Waals surface area contributed by atoms with Gasteiger partial charge in [0, 0.05) is 18.7 Å². The van der Waals surface area contributed by atoms with Crippen LogP contribution in [0.4, 0.5) is 16.2 Å². The number of aliphatic imine (C=N–C) groups is 1. The van der Waals surface area contributed by atoms with Crippen LogP contribution in [0, 0.1) is 0 Å². The smallest absolute Gasteiger partial charge is 0.319 e. The van der Waals surface area contributed by atoms with Crippen molar-refractivity contribution in [3.05, 3.63) is 48.5 Å². The maximum atomic E-state index is 12.7. The van der Waals surface area contributed by atoms with Gasteiger partial charge in [0.2, 0.25) is 0 Å². The van der Waals surface area contributed by atoms with E-state index in [0.717, 1.165) is 19.3 Å². The Kier molecular flexibility index (Phi) is 6.84. The van der Waals surface area contributed by atoms with Gasteiger partial charge in [-0.2, -0.15) is 8.42 Å². The summed E-state index contributed by atoms with van der Waals surface area (Å²) >= 11 is 0. The fourth-order valence-corrected chi connectivity index (χ4v) is 5.78. The normalized spacial score (nSPS) is 17.2. The highest BCUT2D eigenvalue weighted by molar-refractivity contribution is 7.90. The number of anilines is 2. The number of sulfonamides is 2. The minimum Gasteiger partial charge on any atom is -0.340 e. The van der Waals surface area contributed by atoms with Crippen molar-refractivity contribution in [2.24, 2.45) is 9.39 Å². The van der Waals surface area contributed by atoms with Crippen LogP contribution >= 0.6 is 0 Å². The molecule has 2 heterocycles. The van der Waals surface area contributed by atoms with Gasteiger partial charge in [-0.3, -0.25) is 9.71 Å². The number of rotatable bonds is 5. The van der Waals surface area contributed by atoms with E-state index < -0.39 is 26.1 Å². The van der Waals surface area contributed by atoms with Crippen LogP contribution in [-0.2, 0) is 20.0 Å². The average Bonchev–Trinajstić information content (AvgIpc) is 3.06. The van der Waals surface area contributed by atoms with E-state index in [0.29, 0.717) is 24.5 Å². The summed E-state index contributed by atoms with van der Waals surface area (Å²) in [5.74, 6) is 0.490. The zero-order chi connectivity index (χ0) is 24.2. The largest absolute Gasteiger partial charge is 0.340 e. The molecule has 0 radical (unpaired) electrons. The van der Waals surface area contributed by atoms with Crippen LogP contribution in [0.5, 0.6) is 0 Å². The number of amides is 2. The number of hydrogen-bond acceptors (Lipinski definition) is 7. The fourth-order valence-electron chi connectivity index (χ4n) is 3.50. The number of hydrogen-bond donors (Lipinski definition) is 4. The van der Waals surface area contributed by atoms with Crippen LogP contribution in [0.15, 0.2) is 67.7 Å². The Bertz CT molecular complexity index is 1370. The van der Waals surface area contributed by atoms with Gasteiger partial charge in [-0.05, 0) is 43.2 Å². The van der Waals surface area contributed by atoms with E-state index >= 15 is 0 Å². The number of carbonyl (C=O) groups is 1. The number of nitrogens with zero attached hydrogens (tertiary/aromatic N) is 2. The van der Waals surface area contributed by atoms with Crippen molar-refractivity contribution >= 4 is 49.1 Å². The molecule has 0 atom stereocenters. The summed E-state index contributed by atoms with van der Waals surface area (Å²) < 4.78 is 56.3. The fraction of sp³-hybridized carbons (Fsp3) is 0.286. The summed E-state index contributed by atoms with van der Waals surface area (Å²) in [5, 5.41) is 7.92. The Morgan fingerprint density at radius 3 is 2.74 bits per heavy atom. The molecular formula is C21H24N6O5S2. The Labute approximate surface area is 197 Å². The molecule has 4 rings (SSSR count). The number of fused-ring (bicyclic) bond motifs is 1. The highest BCUT2D eigenvalue weighted by Gasteiger charge is 2.24. The van der Waals surface area contributed by atoms with E-state index in [1.54, 1.807) is 24.3 Å². The van der Waals surface area contributed by atoms with Crippen LogP contribution in [-0.4, -0.2) is 47.6 Å². The topological polar surface area (TPSA) is 158 Å². The molecule has 11 nitrogen and oxygen atoms in total. The zero-order valence-electron chi connectivity index (χ0n) is 18.1. The van der Waals surface area contributed by atoms with Crippen molar-refractivity contribution in [3.63, 3.8) is 0 Å². The van der Waals surface area contributed by atoms with Crippen LogP contribution in [0.1, 0.15) is 25.7 Å². The molecule has 0 saturated heterocycles. The van der Waals surface area contributed by atoms with Crippen LogP contribution in [0.3, 0.4) is 0 Å². The molecule has 180 valence electrons. The molecule has 13 heteroatoms. The Morgan fingerprint density at radius 1 is 1.06 bits per heavy atom. The first-order valence-corrected chi connectivity index (χ1v) is 13.6. The summed E-state index contributed by atoms with van der Waals surface area (Å²) in [5.41, 5.74) is 0.623. The zero-order valence-corrected chi connectivity index (χ0v) is 19.7. The van der Waals surface area contributed by atoms with E-state index in [1.165, 1.54) is 24.3 Å². The Hall–Kier alpha value is -3.45. The minimum atomic E-state index is -3.86. The summed E-state index contributed by atoms with van der Waals surface area (Å²) in [7, 11) is -7.72. The molecule has 34 heavy (non-hydrogen) atoms. The van der Waals surface area contributed by atoms with Gasteiger partial charge in [0.1, 0.15) is 16.6 Å². The monoisotopic (exact) mass is 504 g/mol. The maximum Gasteiger partial charge on any atom is 0.319 e. The molecule has 2 aromatic carbocycles. The molecule has 2 aliphatic heterocycles. The SMILES string of the molecule is O=C(NCC1=NS(=O)(=O)c2ccccc2N1)Nc1cccc(S(=O)(=O)NC2=NCCCCC2)c1. The van der Waals surface area contributed by atoms with E-state index in [-0.39, 0.29) is 27.9 Å². The highest BCUT2D eigenvalue weighted by atomic mass is 32.2. The van der Waals surface area contributed by atoms with Crippen LogP contribution < -0.4 is 20.7 Å². The lowest BCUT2D eigenvalue weighted by Gasteiger charge is -2.18. The van der Waals surface area contributed by atoms with E-state index in [9.17, 15) is 21.6 Å². The molecule has 0 fully saturated rings. The highest BCUT2D eigenvalue weighted by Crippen LogP contribution is 2.26. The van der Waals surface area contributed by atoms with Gasteiger partial charge >= 0.3 is 6.03 Å². The molecule has 0 bridgehead atoms. The predicted molar refractivity (Wildman–Crippen MR) is 129 cm³/mol. The molecule has 0 saturated carbocycles. The molecule has 0 spiro atoms. The van der Waals surface area contributed by atoms with Crippen molar-refractivity contribution < 1.29 is 21.6 Å². The van der Waals surface area contributed by atoms with Crippen molar-refractivity contribution in [3.8, 4) is 0 Å². The number of amidine groups is 2. The number of para-hydroxylation sites is 1. The lowest BCUT2D eigenvalue weighted by atomic mass is 10.2. The van der Waals surface area contributed by atoms with Gasteiger partial charge in [0.15, 0.2) is 0 Å². The molecule has 4 N–H and O–H groups in total. The van der Waals surface area contributed by atoms with Crippen LogP contribution in [0.2, 0.25) is 0 Å². The van der Waals surface area contributed by atoms with Crippen molar-refractivity contribution in [2.45, 2.75) is 35.5 Å². The summed E-state index contributed by atoms with van der Waals surface area (Å²) in [4.78, 5) is 16.7. The van der Waals surface area contributed by atoms with Gasteiger partial charge in [0.25, 0.3) is 20.0 Å². The van der Waals surface area contributed by atoms with Gasteiger partial charge in [-0.1, -0.05) is 24.6 Å². The van der Waals surface area contributed by atoms with E-state index in [4.69, 9.17) is 0 Å². The second-order valence-electron chi connectivity index (χ2n) is 7.71. The lowest BCUT2D eigenvalue weighted by molar-refractivity contribution is 0.253. The Morgan fingerprint density at radius 2 is 1.88 bits per heavy atom. The van der Waals surface area contributed by atoms with E-state index in [1.807, 2.05) is 0 Å². The van der Waals surface area contributed by atoms with Gasteiger partial charge < -0.3 is 16.0 Å². The first kappa shape index (κ1) is 23.7. The first-order chi connectivity index (χ1) is 16.2. The molecule has 2 aromatic rings. The molecule has 0 unspecified atom stereocenters. The molecule has 2 aliphatic rings. The number of benzene rings is 2. The average molecular weight is 505 g/mol. The molecule has 0 aromatic heterocycles. The first-order valence-electron chi connectivity index (χ1n) is 10.6. The third kappa shape index (κ3) is 5.72. The van der Waals surface area contributed by atoms with Gasteiger partial charge in [-0.15, -0.1) is 4.40 Å². The molecule has 2 amide bonds. The van der Waals surface area contributed by atoms with Crippen molar-refractivity contribution in [2.75, 3.05) is 23.7 Å². The second kappa shape index (κ2) is 9.81. The van der Waals surface area contributed by atoms with E-state index in [2.05, 4.69) is 30.1 Å². The third-order valence-electron chi connectivity index (χ3n) is 5.12. The lowest BCUT2D eigenvalue weighted by Crippen LogP contribution is -2.37. The molecular weight excluding hydrogens is 480 g/mol. The van der Waals surface area contributed by atoms with Crippen molar-refractivity contribution in [1.29, 1.82) is 0 Å². The summed E-state index contributed by atoms with van der Waals surface area (Å²) in [6.45, 7) is 0.408. The van der Waals surface area contributed by atoms with Gasteiger partial charge in [-0.25, -0.2) is 13.2 Å². The standard InChI is InChI=1S/C21H24N6O5S2/c28-21(23-14-20-25-17-9-3-4-10-18(17)34(31,32)27-20)24-15-7-6-8-16(13-15)33(29,30)26-19-11-2-1-5-12-22-19/h3-4,6-10,13H,1-2,5,11-12,14H2,(H,22,26)(H,25,27)(H2,23,24,28).